The summed E-state index contributed by atoms with van der Waals surface area (Å²) in [4.78, 5) is 40.7. The van der Waals surface area contributed by atoms with Crippen molar-refractivity contribution in [3.8, 4) is 5.75 Å². The molecule has 2 heterocycles. The predicted molar refractivity (Wildman–Crippen MR) is 191 cm³/mol. The number of nitrogens with one attached hydrogen (secondary N) is 2. The number of hydrogen-bond acceptors (Lipinski definition) is 6. The van der Waals surface area contributed by atoms with Crippen LogP contribution in [-0.2, 0) is 4.79 Å². The number of halogens is 1. The fourth-order valence-corrected chi connectivity index (χ4v) is 6.62. The number of amides is 2. The molecule has 1 saturated heterocycles. The molecule has 2 amide bonds. The van der Waals surface area contributed by atoms with Crippen molar-refractivity contribution in [1.29, 1.82) is 0 Å². The smallest absolute Gasteiger partial charge is 0.287 e. The lowest BCUT2D eigenvalue weighted by Gasteiger charge is -2.47. The van der Waals surface area contributed by atoms with E-state index in [0.29, 0.717) is 17.8 Å². The summed E-state index contributed by atoms with van der Waals surface area (Å²) in [5, 5.41) is 16.9. The molecule has 0 radical (unpaired) electrons. The van der Waals surface area contributed by atoms with Crippen molar-refractivity contribution >= 4 is 34.4 Å². The Morgan fingerprint density at radius 1 is 1.00 bits per heavy atom. The van der Waals surface area contributed by atoms with Gasteiger partial charge in [0, 0.05) is 29.2 Å². The topological polar surface area (TPSA) is 112 Å². The molecule has 5 rings (SSSR count). The minimum Gasteiger partial charge on any atom is -0.508 e. The van der Waals surface area contributed by atoms with Gasteiger partial charge in [-0.25, -0.2) is 0 Å². The third-order valence-corrected chi connectivity index (χ3v) is 9.21. The van der Waals surface area contributed by atoms with E-state index >= 15 is 0 Å². The van der Waals surface area contributed by atoms with Crippen LogP contribution in [0.3, 0.4) is 0 Å². The average Bonchev–Trinajstić information content (AvgIpc) is 3.05. The minimum atomic E-state index is -0.448. The zero-order valence-corrected chi connectivity index (χ0v) is 29.8. The van der Waals surface area contributed by atoms with E-state index in [1.54, 1.807) is 0 Å². The summed E-state index contributed by atoms with van der Waals surface area (Å²) >= 11 is 5.61. The molecule has 2 aromatic carbocycles. The number of phenols is 1. The molecule has 1 saturated carbocycles. The molecular formula is C38H54ClN3O5. The van der Waals surface area contributed by atoms with Crippen LogP contribution in [0.1, 0.15) is 102 Å². The molecule has 1 aromatic heterocycles. The second-order valence-corrected chi connectivity index (χ2v) is 14.0. The summed E-state index contributed by atoms with van der Waals surface area (Å²) in [7, 11) is 0. The lowest BCUT2D eigenvalue weighted by atomic mass is 9.63. The Morgan fingerprint density at radius 3 is 2.23 bits per heavy atom. The summed E-state index contributed by atoms with van der Waals surface area (Å²) in [5.74, 6) is 0.144. The maximum atomic E-state index is 13.5. The Morgan fingerprint density at radius 2 is 1.64 bits per heavy atom. The number of rotatable bonds is 7. The first kappa shape index (κ1) is 38.1. The zero-order chi connectivity index (χ0) is 34.6. The lowest BCUT2D eigenvalue weighted by molar-refractivity contribution is -0.141. The number of likely N-dealkylation sites (tertiary alicyclic amines) is 1. The van der Waals surface area contributed by atoms with Gasteiger partial charge in [0.25, 0.3) is 5.91 Å². The maximum absolute atomic E-state index is 13.5. The number of piperidine rings is 1. The summed E-state index contributed by atoms with van der Waals surface area (Å²) in [6, 6.07) is 13.2. The molecule has 2 fully saturated rings. The molecule has 0 atom stereocenters. The van der Waals surface area contributed by atoms with E-state index in [0.717, 1.165) is 56.8 Å². The maximum Gasteiger partial charge on any atom is 0.287 e. The van der Waals surface area contributed by atoms with Crippen molar-refractivity contribution < 1.29 is 19.1 Å². The van der Waals surface area contributed by atoms with Crippen molar-refractivity contribution in [2.45, 2.75) is 98.4 Å². The van der Waals surface area contributed by atoms with Gasteiger partial charge in [0.05, 0.1) is 10.8 Å². The lowest BCUT2D eigenvalue weighted by Crippen LogP contribution is -2.56. The number of fused-ring (bicyclic) bond motifs is 1. The van der Waals surface area contributed by atoms with Crippen LogP contribution >= 0.6 is 11.6 Å². The SMILES string of the molecule is CC.CC(C)(C)NC(=O)C1(C2CCCCC2)CCN(CCCNC(=O)c2cc(=O)c3ccc(O)cc3o2)CC1.Cc1ccc(Cl)cc1. The van der Waals surface area contributed by atoms with Crippen LogP contribution in [0, 0.1) is 18.3 Å². The van der Waals surface area contributed by atoms with E-state index in [-0.39, 0.29) is 39.4 Å². The van der Waals surface area contributed by atoms with Crippen LogP contribution in [-0.4, -0.2) is 53.5 Å². The van der Waals surface area contributed by atoms with Crippen molar-refractivity contribution in [2.75, 3.05) is 26.2 Å². The third kappa shape index (κ3) is 11.1. The van der Waals surface area contributed by atoms with E-state index in [2.05, 4.69) is 36.3 Å². The fourth-order valence-electron chi connectivity index (χ4n) is 6.50. The van der Waals surface area contributed by atoms with Crippen LogP contribution in [0.4, 0.5) is 0 Å². The first-order chi connectivity index (χ1) is 22.4. The molecule has 9 heteroatoms. The average molecular weight is 668 g/mol. The van der Waals surface area contributed by atoms with Gasteiger partial charge in [-0.2, -0.15) is 0 Å². The second-order valence-electron chi connectivity index (χ2n) is 13.6. The van der Waals surface area contributed by atoms with E-state index in [1.807, 2.05) is 45.0 Å². The van der Waals surface area contributed by atoms with E-state index in [4.69, 9.17) is 16.0 Å². The normalized spacial score (nSPS) is 16.7. The molecule has 1 aliphatic carbocycles. The van der Waals surface area contributed by atoms with Crippen LogP contribution in [0.5, 0.6) is 5.75 Å². The summed E-state index contributed by atoms with van der Waals surface area (Å²) in [6.45, 7) is 15.2. The molecule has 258 valence electrons. The Bertz CT molecular complexity index is 1480. The Hall–Kier alpha value is -3.36. The number of carbonyl (C=O) groups is 2. The van der Waals surface area contributed by atoms with Crippen molar-refractivity contribution in [3.05, 3.63) is 75.1 Å². The highest BCUT2D eigenvalue weighted by atomic mass is 35.5. The zero-order valence-electron chi connectivity index (χ0n) is 29.1. The molecule has 0 bridgehead atoms. The first-order valence-corrected chi connectivity index (χ1v) is 17.6. The van der Waals surface area contributed by atoms with E-state index in [9.17, 15) is 19.5 Å². The van der Waals surface area contributed by atoms with Gasteiger partial charge in [-0.3, -0.25) is 14.4 Å². The monoisotopic (exact) mass is 667 g/mol. The highest BCUT2D eigenvalue weighted by Gasteiger charge is 2.48. The fraction of sp³-hybridized carbons (Fsp3) is 0.553. The van der Waals surface area contributed by atoms with E-state index < -0.39 is 5.91 Å². The van der Waals surface area contributed by atoms with Gasteiger partial charge < -0.3 is 25.1 Å². The number of hydrogen-bond donors (Lipinski definition) is 3. The molecule has 3 aromatic rings. The number of carbonyl (C=O) groups excluding carboxylic acids is 2. The van der Waals surface area contributed by atoms with Gasteiger partial charge in [0.15, 0.2) is 11.2 Å². The number of nitrogens with zero attached hydrogens (tertiary/aromatic N) is 1. The Balaban J connectivity index is 0.000000518. The van der Waals surface area contributed by atoms with Gasteiger partial charge in [-0.15, -0.1) is 0 Å². The number of phenolic OH excluding ortho intramolecular Hbond substituents is 1. The van der Waals surface area contributed by atoms with Gasteiger partial charge in [0.1, 0.15) is 11.3 Å². The second kappa shape index (κ2) is 17.7. The van der Waals surface area contributed by atoms with Crippen LogP contribution in [0.2, 0.25) is 5.02 Å². The van der Waals surface area contributed by atoms with Crippen LogP contribution < -0.4 is 16.1 Å². The number of aromatic hydroxyl groups is 1. The van der Waals surface area contributed by atoms with Crippen molar-refractivity contribution in [1.82, 2.24) is 15.5 Å². The quantitative estimate of drug-likeness (QED) is 0.221. The Kier molecular flexibility index (Phi) is 14.3. The van der Waals surface area contributed by atoms with Gasteiger partial charge >= 0.3 is 0 Å². The summed E-state index contributed by atoms with van der Waals surface area (Å²) in [5.41, 5.74) is 0.591. The molecular weight excluding hydrogens is 614 g/mol. The highest BCUT2D eigenvalue weighted by molar-refractivity contribution is 6.30. The van der Waals surface area contributed by atoms with Crippen molar-refractivity contribution in [2.24, 2.45) is 11.3 Å². The standard InChI is InChI=1S/C29H41N3O5.C7H7Cl.C2H6/c1-28(2,3)31-27(36)29(20-8-5-4-6-9-20)12-16-32(17-13-29)15-7-14-30-26(35)25-19-23(34)22-11-10-21(33)18-24(22)37-25;1-6-2-4-7(8)5-3-6;1-2/h10-11,18-20,33H,4-9,12-17H2,1-3H3,(H,30,35)(H,31,36);2-5H,1H3;1-2H3. The van der Waals surface area contributed by atoms with Crippen LogP contribution in [0.15, 0.2) is 57.7 Å². The molecule has 1 aliphatic heterocycles. The largest absolute Gasteiger partial charge is 0.508 e. The molecule has 3 N–H and O–H groups in total. The summed E-state index contributed by atoms with van der Waals surface area (Å²) in [6.07, 6.45) is 8.52. The molecule has 0 unspecified atom stereocenters. The third-order valence-electron chi connectivity index (χ3n) is 8.96. The van der Waals surface area contributed by atoms with E-state index in [1.165, 1.54) is 49.1 Å². The molecule has 47 heavy (non-hydrogen) atoms. The van der Waals surface area contributed by atoms with Gasteiger partial charge in [0.2, 0.25) is 5.91 Å². The number of aryl methyl sites for hydroxylation is 1. The van der Waals surface area contributed by atoms with Gasteiger partial charge in [-0.1, -0.05) is 62.4 Å². The molecule has 2 aliphatic rings. The molecule has 8 nitrogen and oxygen atoms in total. The van der Waals surface area contributed by atoms with Crippen LogP contribution in [0.25, 0.3) is 11.0 Å². The first-order valence-electron chi connectivity index (χ1n) is 17.2. The predicted octanol–water partition coefficient (Wildman–Crippen LogP) is 7.87. The van der Waals surface area contributed by atoms with Crippen molar-refractivity contribution in [3.63, 3.8) is 0 Å². The minimum absolute atomic E-state index is 0.0295. The van der Waals surface area contributed by atoms with Gasteiger partial charge in [-0.05, 0) is 110 Å². The molecule has 0 spiro atoms. The Labute approximate surface area is 285 Å². The highest BCUT2D eigenvalue weighted by Crippen LogP contribution is 2.46. The number of benzene rings is 2. The summed E-state index contributed by atoms with van der Waals surface area (Å²) < 4.78 is 5.55.